The van der Waals surface area contributed by atoms with E-state index >= 15 is 0 Å². The molecule has 6 nitrogen and oxygen atoms in total. The molecule has 25 heavy (non-hydrogen) atoms. The van der Waals surface area contributed by atoms with Crippen molar-refractivity contribution in [2.45, 2.75) is 13.5 Å². The highest BCUT2D eigenvalue weighted by Crippen LogP contribution is 2.17. The predicted molar refractivity (Wildman–Crippen MR) is 89.0 cm³/mol. The Hall–Kier alpha value is -3.29. The molecule has 0 aliphatic heterocycles. The summed E-state index contributed by atoms with van der Waals surface area (Å²) in [5, 5.41) is 10.1. The monoisotopic (exact) mass is 343 g/mol. The van der Waals surface area contributed by atoms with Gasteiger partial charge in [0.25, 0.3) is 5.91 Å². The summed E-state index contributed by atoms with van der Waals surface area (Å²) in [5.74, 6) is -2.63. The molecular formula is C17H15F2N5O. The van der Waals surface area contributed by atoms with Crippen LogP contribution in [0.15, 0.2) is 42.5 Å². The summed E-state index contributed by atoms with van der Waals surface area (Å²) >= 11 is 0. The molecule has 3 rings (SSSR count). The van der Waals surface area contributed by atoms with Gasteiger partial charge in [0, 0.05) is 11.8 Å². The van der Waals surface area contributed by atoms with Crippen LogP contribution in [-0.4, -0.2) is 20.9 Å². The third kappa shape index (κ3) is 3.47. The van der Waals surface area contributed by atoms with Gasteiger partial charge < -0.3 is 11.1 Å². The number of rotatable bonds is 4. The first-order valence-corrected chi connectivity index (χ1v) is 7.45. The number of carbonyl (C=O) groups is 1. The second-order valence-electron chi connectivity index (χ2n) is 5.49. The average molecular weight is 343 g/mol. The van der Waals surface area contributed by atoms with Crippen molar-refractivity contribution >= 4 is 17.4 Å². The van der Waals surface area contributed by atoms with Gasteiger partial charge >= 0.3 is 0 Å². The van der Waals surface area contributed by atoms with Crippen LogP contribution in [0.1, 0.15) is 21.6 Å². The van der Waals surface area contributed by atoms with Gasteiger partial charge in [-0.1, -0.05) is 29.5 Å². The summed E-state index contributed by atoms with van der Waals surface area (Å²) in [5.41, 5.74) is 8.01. The number of amides is 1. The zero-order chi connectivity index (χ0) is 18.0. The van der Waals surface area contributed by atoms with Gasteiger partial charge in [0.2, 0.25) is 0 Å². The fraction of sp³-hybridized carbons (Fsp3) is 0.118. The van der Waals surface area contributed by atoms with E-state index in [0.717, 1.165) is 23.3 Å². The molecule has 0 saturated heterocycles. The molecule has 0 aliphatic carbocycles. The Balaban J connectivity index is 1.79. The summed E-state index contributed by atoms with van der Waals surface area (Å²) in [4.78, 5) is 12.2. The molecule has 8 heteroatoms. The van der Waals surface area contributed by atoms with Crippen molar-refractivity contribution in [3.63, 3.8) is 0 Å². The number of nitrogen functional groups attached to an aromatic ring is 1. The number of nitrogens with one attached hydrogen (secondary N) is 1. The Bertz CT molecular complexity index is 939. The summed E-state index contributed by atoms with van der Waals surface area (Å²) < 4.78 is 27.6. The molecular weight excluding hydrogens is 328 g/mol. The van der Waals surface area contributed by atoms with Gasteiger partial charge in [0.15, 0.2) is 23.1 Å². The summed E-state index contributed by atoms with van der Waals surface area (Å²) in [6.07, 6.45) is 0. The van der Waals surface area contributed by atoms with E-state index in [-0.39, 0.29) is 17.2 Å². The quantitative estimate of drug-likeness (QED) is 0.763. The van der Waals surface area contributed by atoms with Crippen LogP contribution in [0, 0.1) is 18.6 Å². The van der Waals surface area contributed by atoms with Crippen LogP contribution in [-0.2, 0) is 6.54 Å². The maximum absolute atomic E-state index is 13.2. The number of nitrogens with zero attached hydrogens (tertiary/aromatic N) is 3. The lowest BCUT2D eigenvalue weighted by Gasteiger charge is -2.07. The first-order valence-electron chi connectivity index (χ1n) is 7.45. The van der Waals surface area contributed by atoms with E-state index in [1.165, 1.54) is 10.7 Å². The number of hydrogen-bond donors (Lipinski definition) is 2. The van der Waals surface area contributed by atoms with Gasteiger partial charge in [0.05, 0.1) is 6.54 Å². The number of hydrogen-bond acceptors (Lipinski definition) is 4. The van der Waals surface area contributed by atoms with E-state index in [2.05, 4.69) is 15.6 Å². The topological polar surface area (TPSA) is 85.8 Å². The van der Waals surface area contributed by atoms with Crippen LogP contribution in [0.3, 0.4) is 0 Å². The lowest BCUT2D eigenvalue weighted by atomic mass is 10.1. The molecule has 1 amide bonds. The minimum Gasteiger partial charge on any atom is -0.382 e. The van der Waals surface area contributed by atoms with Crippen LogP contribution in [0.2, 0.25) is 0 Å². The smallest absolute Gasteiger partial charge is 0.280 e. The lowest BCUT2D eigenvalue weighted by molar-refractivity contribution is 0.102. The first kappa shape index (κ1) is 16.6. The molecule has 3 aromatic rings. The highest BCUT2D eigenvalue weighted by molar-refractivity contribution is 6.05. The minimum atomic E-state index is -1.06. The largest absolute Gasteiger partial charge is 0.382 e. The van der Waals surface area contributed by atoms with Crippen LogP contribution in [0.25, 0.3) is 0 Å². The number of anilines is 2. The fourth-order valence-electron chi connectivity index (χ4n) is 2.31. The Morgan fingerprint density at radius 2 is 1.96 bits per heavy atom. The van der Waals surface area contributed by atoms with E-state index in [9.17, 15) is 13.6 Å². The van der Waals surface area contributed by atoms with Gasteiger partial charge in [-0.25, -0.2) is 13.5 Å². The highest BCUT2D eigenvalue weighted by atomic mass is 19.2. The molecule has 3 N–H and O–H groups in total. The fourth-order valence-corrected chi connectivity index (χ4v) is 2.31. The number of halogens is 2. The molecule has 2 aromatic carbocycles. The van der Waals surface area contributed by atoms with Crippen molar-refractivity contribution < 1.29 is 13.6 Å². The Kier molecular flexibility index (Phi) is 4.42. The molecule has 0 fully saturated rings. The number of aromatic nitrogens is 3. The average Bonchev–Trinajstić information content (AvgIpc) is 2.94. The number of benzene rings is 2. The van der Waals surface area contributed by atoms with Crippen molar-refractivity contribution in [1.29, 1.82) is 0 Å². The second-order valence-corrected chi connectivity index (χ2v) is 5.49. The lowest BCUT2D eigenvalue weighted by Crippen LogP contribution is -2.15. The van der Waals surface area contributed by atoms with E-state index < -0.39 is 17.5 Å². The molecule has 0 radical (unpaired) electrons. The van der Waals surface area contributed by atoms with Crippen molar-refractivity contribution in [3.8, 4) is 0 Å². The van der Waals surface area contributed by atoms with Gasteiger partial charge in [-0.3, -0.25) is 4.79 Å². The van der Waals surface area contributed by atoms with E-state index in [1.54, 1.807) is 0 Å². The third-order valence-electron chi connectivity index (χ3n) is 3.75. The molecule has 1 aromatic heterocycles. The van der Waals surface area contributed by atoms with E-state index in [4.69, 9.17) is 5.73 Å². The Morgan fingerprint density at radius 1 is 1.20 bits per heavy atom. The summed E-state index contributed by atoms with van der Waals surface area (Å²) in [7, 11) is 0. The molecule has 1 heterocycles. The van der Waals surface area contributed by atoms with Gasteiger partial charge in [0.1, 0.15) is 0 Å². The van der Waals surface area contributed by atoms with Gasteiger partial charge in [-0.05, 0) is 30.2 Å². The molecule has 0 spiro atoms. The number of aryl methyl sites for hydroxylation is 1. The van der Waals surface area contributed by atoms with Crippen LogP contribution in [0.4, 0.5) is 20.3 Å². The molecule has 0 saturated carbocycles. The third-order valence-corrected chi connectivity index (χ3v) is 3.75. The van der Waals surface area contributed by atoms with Gasteiger partial charge in [-0.2, -0.15) is 0 Å². The van der Waals surface area contributed by atoms with E-state index in [1.807, 2.05) is 31.2 Å². The maximum atomic E-state index is 13.2. The normalized spacial score (nSPS) is 10.7. The zero-order valence-electron chi connectivity index (χ0n) is 13.3. The predicted octanol–water partition coefficient (Wildman–Crippen LogP) is 2.75. The SMILES string of the molecule is Cc1ccccc1Cn1nnc(C(=O)Nc2ccc(F)c(F)c2)c1N. The molecule has 0 atom stereocenters. The van der Waals surface area contributed by atoms with Crippen molar-refractivity contribution in [2.24, 2.45) is 0 Å². The maximum Gasteiger partial charge on any atom is 0.280 e. The zero-order valence-corrected chi connectivity index (χ0v) is 13.3. The summed E-state index contributed by atoms with van der Waals surface area (Å²) in [6, 6.07) is 10.7. The van der Waals surface area contributed by atoms with E-state index in [0.29, 0.717) is 6.54 Å². The second kappa shape index (κ2) is 6.68. The number of carbonyl (C=O) groups excluding carboxylic acids is 1. The van der Waals surface area contributed by atoms with Crippen molar-refractivity contribution in [3.05, 3.63) is 70.9 Å². The molecule has 128 valence electrons. The van der Waals surface area contributed by atoms with Crippen LogP contribution in [0.5, 0.6) is 0 Å². The van der Waals surface area contributed by atoms with Crippen LogP contribution >= 0.6 is 0 Å². The summed E-state index contributed by atoms with van der Waals surface area (Å²) in [6.45, 7) is 2.32. The van der Waals surface area contributed by atoms with Gasteiger partial charge in [-0.15, -0.1) is 5.10 Å². The standard InChI is InChI=1S/C17H15F2N5O/c1-10-4-2-3-5-11(10)9-24-16(20)15(22-23-24)17(25)21-12-6-7-13(18)14(19)8-12/h2-8H,9,20H2,1H3,(H,21,25). The minimum absolute atomic E-state index is 0.0849. The van der Waals surface area contributed by atoms with Crippen molar-refractivity contribution in [2.75, 3.05) is 11.1 Å². The molecule has 0 bridgehead atoms. The molecule has 0 unspecified atom stereocenters. The Labute approximate surface area is 142 Å². The Morgan fingerprint density at radius 3 is 2.68 bits per heavy atom. The number of nitrogens with two attached hydrogens (primary N) is 1. The van der Waals surface area contributed by atoms with Crippen molar-refractivity contribution in [1.82, 2.24) is 15.0 Å². The first-order chi connectivity index (χ1) is 12.0. The highest BCUT2D eigenvalue weighted by Gasteiger charge is 2.18. The van der Waals surface area contributed by atoms with Crippen LogP contribution < -0.4 is 11.1 Å². The molecule has 0 aliphatic rings.